The van der Waals surface area contributed by atoms with Crippen molar-refractivity contribution in [3.63, 3.8) is 0 Å². The molecule has 0 aromatic heterocycles. The summed E-state index contributed by atoms with van der Waals surface area (Å²) < 4.78 is 49.7. The van der Waals surface area contributed by atoms with Gasteiger partial charge in [0.1, 0.15) is 6.61 Å². The zero-order valence-corrected chi connectivity index (χ0v) is 18.1. The predicted molar refractivity (Wildman–Crippen MR) is 109 cm³/mol. The molecule has 3 heterocycles. The van der Waals surface area contributed by atoms with Crippen molar-refractivity contribution in [1.82, 2.24) is 15.1 Å². The number of fused-ring (bicyclic) bond motifs is 1. The molecule has 0 radical (unpaired) electrons. The number of piperidine rings is 2. The van der Waals surface area contributed by atoms with Crippen LogP contribution in [0.2, 0.25) is 5.02 Å². The molecule has 0 spiro atoms. The summed E-state index contributed by atoms with van der Waals surface area (Å²) in [5, 5.41) is 2.91. The Kier molecular flexibility index (Phi) is 6.83. The van der Waals surface area contributed by atoms with E-state index in [0.717, 1.165) is 12.1 Å². The third kappa shape index (κ3) is 5.29. The van der Waals surface area contributed by atoms with Gasteiger partial charge in [0.25, 0.3) is 0 Å². The average Bonchev–Trinajstić information content (AvgIpc) is 2.77. The summed E-state index contributed by atoms with van der Waals surface area (Å²) in [5.74, 6) is -0.160. The summed E-state index contributed by atoms with van der Waals surface area (Å²) in [7, 11) is 0. The minimum absolute atomic E-state index is 0.0228. The fourth-order valence-electron chi connectivity index (χ4n) is 4.34. The summed E-state index contributed by atoms with van der Waals surface area (Å²) in [5.41, 5.74) is -0.292. The van der Waals surface area contributed by atoms with Crippen LogP contribution in [-0.2, 0) is 27.1 Å². The van der Waals surface area contributed by atoms with Crippen LogP contribution in [0.15, 0.2) is 18.2 Å². The average molecular weight is 476 g/mol. The number of halogens is 4. The van der Waals surface area contributed by atoms with E-state index < -0.39 is 11.7 Å². The summed E-state index contributed by atoms with van der Waals surface area (Å²) >= 11 is 5.99. The Morgan fingerprint density at radius 1 is 1.19 bits per heavy atom. The molecule has 1 aromatic carbocycles. The van der Waals surface area contributed by atoms with E-state index in [1.807, 2.05) is 0 Å². The molecule has 3 saturated heterocycles. The second-order valence-corrected chi connectivity index (χ2v) is 8.75. The van der Waals surface area contributed by atoms with Gasteiger partial charge < -0.3 is 24.6 Å². The van der Waals surface area contributed by atoms with E-state index in [1.54, 1.807) is 9.80 Å². The van der Waals surface area contributed by atoms with Crippen LogP contribution in [-0.4, -0.2) is 72.8 Å². The highest BCUT2D eigenvalue weighted by Gasteiger charge is 2.38. The molecule has 0 saturated carbocycles. The highest BCUT2D eigenvalue weighted by molar-refractivity contribution is 6.31. The summed E-state index contributed by atoms with van der Waals surface area (Å²) in [6, 6.07) is 3.00. The number of ether oxygens (including phenoxy) is 2. The number of morpholine rings is 1. The van der Waals surface area contributed by atoms with Crippen LogP contribution >= 0.6 is 11.6 Å². The molecule has 7 nitrogen and oxygen atoms in total. The van der Waals surface area contributed by atoms with Crippen LogP contribution in [0.1, 0.15) is 30.4 Å². The number of carbonyl (C=O) groups is 2. The lowest BCUT2D eigenvalue weighted by atomic mass is 10.0. The van der Waals surface area contributed by atoms with Gasteiger partial charge in [0.2, 0.25) is 5.91 Å². The lowest BCUT2D eigenvalue weighted by Crippen LogP contribution is -2.62. The molecule has 32 heavy (non-hydrogen) atoms. The second-order valence-electron chi connectivity index (χ2n) is 8.34. The number of alkyl halides is 3. The number of rotatable bonds is 3. The second kappa shape index (κ2) is 9.44. The van der Waals surface area contributed by atoms with Gasteiger partial charge >= 0.3 is 12.2 Å². The van der Waals surface area contributed by atoms with E-state index in [0.29, 0.717) is 51.0 Å². The number of likely N-dealkylation sites (tertiary alicyclic amines) is 2. The number of carbonyl (C=O) groups excluding carboxylic acids is 2. The fourth-order valence-corrected chi connectivity index (χ4v) is 4.57. The van der Waals surface area contributed by atoms with Crippen LogP contribution in [0.4, 0.5) is 18.0 Å². The molecule has 0 bridgehead atoms. The van der Waals surface area contributed by atoms with Crippen molar-refractivity contribution in [3.8, 4) is 0 Å². The van der Waals surface area contributed by atoms with Crippen LogP contribution < -0.4 is 5.32 Å². The molecule has 176 valence electrons. The fraction of sp³-hybridized carbons (Fsp3) is 0.619. The van der Waals surface area contributed by atoms with Crippen LogP contribution in [0, 0.1) is 0 Å². The molecule has 0 unspecified atom stereocenters. The van der Waals surface area contributed by atoms with Crippen molar-refractivity contribution in [3.05, 3.63) is 34.3 Å². The number of hydrogen-bond acceptors (Lipinski definition) is 4. The van der Waals surface area contributed by atoms with Crippen molar-refractivity contribution < 1.29 is 32.2 Å². The number of hydrogen-bond donors (Lipinski definition) is 1. The van der Waals surface area contributed by atoms with Gasteiger partial charge in [-0.15, -0.1) is 0 Å². The molecule has 4 rings (SSSR count). The molecule has 2 atom stereocenters. The maximum Gasteiger partial charge on any atom is 0.416 e. The summed E-state index contributed by atoms with van der Waals surface area (Å²) in [4.78, 5) is 28.0. The smallest absolute Gasteiger partial charge is 0.373 e. The molecule has 3 aliphatic heterocycles. The van der Waals surface area contributed by atoms with E-state index in [4.69, 9.17) is 21.1 Å². The van der Waals surface area contributed by atoms with Crippen LogP contribution in [0.5, 0.6) is 0 Å². The SMILES string of the molecule is O=C1CO[C@H]2CCN(C(=O)N3CCC(OCc4ccc(C(F)(F)F)cc4Cl)CC3)C[C@H]2N1. The Bertz CT molecular complexity index is 861. The first-order valence-electron chi connectivity index (χ1n) is 10.6. The number of nitrogens with zero attached hydrogens (tertiary/aromatic N) is 2. The van der Waals surface area contributed by atoms with Crippen LogP contribution in [0.3, 0.4) is 0 Å². The third-order valence-corrected chi connectivity index (χ3v) is 6.51. The first kappa shape index (κ1) is 23.1. The lowest BCUT2D eigenvalue weighted by molar-refractivity contribution is -0.140. The molecule has 1 N–H and O–H groups in total. The van der Waals surface area contributed by atoms with Crippen molar-refractivity contribution in [2.75, 3.05) is 32.8 Å². The van der Waals surface area contributed by atoms with Crippen molar-refractivity contribution in [1.29, 1.82) is 0 Å². The van der Waals surface area contributed by atoms with Gasteiger partial charge in [0.15, 0.2) is 0 Å². The lowest BCUT2D eigenvalue weighted by Gasteiger charge is -2.43. The number of amides is 3. The predicted octanol–water partition coefficient (Wildman–Crippen LogP) is 3.05. The van der Waals surface area contributed by atoms with Crippen molar-refractivity contribution in [2.24, 2.45) is 0 Å². The monoisotopic (exact) mass is 475 g/mol. The van der Waals surface area contributed by atoms with Gasteiger partial charge in [-0.05, 0) is 37.0 Å². The van der Waals surface area contributed by atoms with Gasteiger partial charge in [-0.1, -0.05) is 17.7 Å². The Hall–Kier alpha value is -2.04. The number of urea groups is 1. The molecule has 3 aliphatic rings. The number of nitrogens with one attached hydrogen (secondary N) is 1. The topological polar surface area (TPSA) is 71.1 Å². The van der Waals surface area contributed by atoms with E-state index in [2.05, 4.69) is 5.32 Å². The van der Waals surface area contributed by atoms with E-state index in [-0.39, 0.29) is 48.4 Å². The maximum absolute atomic E-state index is 12.9. The zero-order chi connectivity index (χ0) is 22.9. The third-order valence-electron chi connectivity index (χ3n) is 6.16. The standard InChI is InChI=1S/C21H25ClF3N3O4/c22-16-9-14(21(23,24)25)2-1-13(16)11-31-15-3-6-27(7-4-15)20(30)28-8-5-18-17(10-28)26-19(29)12-32-18/h1-2,9,15,17-18H,3-8,10-12H2,(H,26,29)/t17-,18+/m1/s1. The Morgan fingerprint density at radius 2 is 1.91 bits per heavy atom. The molecular formula is C21H25ClF3N3O4. The summed E-state index contributed by atoms with van der Waals surface area (Å²) in [6.07, 6.45) is -2.65. The Labute approximate surface area is 188 Å². The van der Waals surface area contributed by atoms with Gasteiger partial charge in [0, 0.05) is 31.2 Å². The highest BCUT2D eigenvalue weighted by atomic mass is 35.5. The van der Waals surface area contributed by atoms with Gasteiger partial charge in [0.05, 0.1) is 30.4 Å². The molecule has 1 aromatic rings. The summed E-state index contributed by atoms with van der Waals surface area (Å²) in [6.45, 7) is 2.25. The first-order valence-corrected chi connectivity index (χ1v) is 11.0. The van der Waals surface area contributed by atoms with Gasteiger partial charge in [-0.3, -0.25) is 4.79 Å². The van der Waals surface area contributed by atoms with E-state index >= 15 is 0 Å². The van der Waals surface area contributed by atoms with E-state index in [9.17, 15) is 22.8 Å². The minimum Gasteiger partial charge on any atom is -0.373 e. The minimum atomic E-state index is -4.44. The quantitative estimate of drug-likeness (QED) is 0.729. The van der Waals surface area contributed by atoms with Gasteiger partial charge in [-0.2, -0.15) is 13.2 Å². The Morgan fingerprint density at radius 3 is 2.59 bits per heavy atom. The van der Waals surface area contributed by atoms with E-state index in [1.165, 1.54) is 6.07 Å². The number of benzene rings is 1. The maximum atomic E-state index is 12.9. The van der Waals surface area contributed by atoms with Gasteiger partial charge in [-0.25, -0.2) is 4.79 Å². The molecule has 11 heteroatoms. The Balaban J connectivity index is 1.24. The molecular weight excluding hydrogens is 451 g/mol. The largest absolute Gasteiger partial charge is 0.416 e. The molecule has 3 fully saturated rings. The van der Waals surface area contributed by atoms with Crippen molar-refractivity contribution >= 4 is 23.5 Å². The molecule has 3 amide bonds. The first-order chi connectivity index (χ1) is 15.2. The highest BCUT2D eigenvalue weighted by Crippen LogP contribution is 2.32. The normalized spacial score (nSPS) is 24.8. The zero-order valence-electron chi connectivity index (χ0n) is 17.4. The molecule has 0 aliphatic carbocycles. The van der Waals surface area contributed by atoms with Crippen LogP contribution in [0.25, 0.3) is 0 Å². The van der Waals surface area contributed by atoms with Crippen molar-refractivity contribution in [2.45, 2.75) is 50.3 Å².